The number of rotatable bonds is 8. The Balaban J connectivity index is 1.90. The Bertz CT molecular complexity index is 1190. The molecule has 0 spiro atoms. The van der Waals surface area contributed by atoms with Gasteiger partial charge in [-0.25, -0.2) is 18.3 Å². The first-order chi connectivity index (χ1) is 16.2. The Morgan fingerprint density at radius 3 is 2.41 bits per heavy atom. The number of aryl methyl sites for hydroxylation is 3. The van der Waals surface area contributed by atoms with Crippen LogP contribution in [0.5, 0.6) is 11.6 Å². The Kier molecular flexibility index (Phi) is 7.65. The molecule has 0 saturated carbocycles. The number of alkyl halides is 2. The standard InChI is InChI=1S/C25H27F2N3O4/c1-6-16-13-19(12-7-14(16)2)34-24-20(21(22(26)27)29-30(24)4)23(31)28-15(3)17-8-10-18(11-9-17)25(32)33-5/h7-13,15,22H,6H2,1-5H3,(H,28,31)/t15-/m0/s1. The van der Waals surface area contributed by atoms with Crippen molar-refractivity contribution in [3.05, 3.63) is 76.0 Å². The minimum atomic E-state index is -2.97. The second-order valence-electron chi connectivity index (χ2n) is 7.84. The van der Waals surface area contributed by atoms with Crippen molar-refractivity contribution in [3.8, 4) is 11.6 Å². The number of amides is 1. The number of ether oxygens (including phenoxy) is 2. The van der Waals surface area contributed by atoms with Gasteiger partial charge in [-0.1, -0.05) is 25.1 Å². The highest BCUT2D eigenvalue weighted by molar-refractivity contribution is 5.98. The maximum atomic E-state index is 13.8. The van der Waals surface area contributed by atoms with Gasteiger partial charge in [0.1, 0.15) is 17.0 Å². The zero-order valence-electron chi connectivity index (χ0n) is 19.7. The largest absolute Gasteiger partial charge is 0.465 e. The number of hydrogen-bond donors (Lipinski definition) is 1. The number of halogens is 2. The van der Waals surface area contributed by atoms with Crippen LogP contribution in [-0.4, -0.2) is 28.8 Å². The van der Waals surface area contributed by atoms with Crippen LogP contribution in [-0.2, 0) is 18.2 Å². The normalized spacial score (nSPS) is 11.9. The molecule has 1 aromatic heterocycles. The predicted octanol–water partition coefficient (Wildman–Crippen LogP) is 5.30. The molecule has 3 aromatic rings. The monoisotopic (exact) mass is 471 g/mol. The molecule has 0 radical (unpaired) electrons. The van der Waals surface area contributed by atoms with Crippen LogP contribution in [0.3, 0.4) is 0 Å². The molecule has 9 heteroatoms. The summed E-state index contributed by atoms with van der Waals surface area (Å²) in [7, 11) is 2.73. The van der Waals surface area contributed by atoms with E-state index in [1.165, 1.54) is 14.2 Å². The topological polar surface area (TPSA) is 82.4 Å². The Morgan fingerprint density at radius 1 is 1.15 bits per heavy atom. The average molecular weight is 472 g/mol. The zero-order valence-corrected chi connectivity index (χ0v) is 19.7. The van der Waals surface area contributed by atoms with Crippen LogP contribution in [0, 0.1) is 6.92 Å². The van der Waals surface area contributed by atoms with E-state index in [0.717, 1.165) is 22.2 Å². The summed E-state index contributed by atoms with van der Waals surface area (Å²) in [5.41, 5.74) is 2.18. The molecule has 0 unspecified atom stereocenters. The molecule has 0 aliphatic heterocycles. The highest BCUT2D eigenvalue weighted by Gasteiger charge is 2.30. The van der Waals surface area contributed by atoms with E-state index in [4.69, 9.17) is 4.74 Å². The summed E-state index contributed by atoms with van der Waals surface area (Å²) in [4.78, 5) is 24.7. The quantitative estimate of drug-likeness (QED) is 0.451. The Hall–Kier alpha value is -3.75. The lowest BCUT2D eigenvalue weighted by atomic mass is 10.1. The average Bonchev–Trinajstić information content (AvgIpc) is 3.16. The number of benzene rings is 2. The van der Waals surface area contributed by atoms with E-state index in [9.17, 15) is 18.4 Å². The number of methoxy groups -OCH3 is 1. The van der Waals surface area contributed by atoms with Gasteiger partial charge in [-0.15, -0.1) is 0 Å². The van der Waals surface area contributed by atoms with Gasteiger partial charge in [-0.3, -0.25) is 4.79 Å². The fourth-order valence-corrected chi connectivity index (χ4v) is 3.59. The van der Waals surface area contributed by atoms with Crippen LogP contribution in [0.15, 0.2) is 42.5 Å². The molecule has 1 N–H and O–H groups in total. The number of carbonyl (C=O) groups is 2. The summed E-state index contributed by atoms with van der Waals surface area (Å²) >= 11 is 0. The van der Waals surface area contributed by atoms with Gasteiger partial charge in [0.05, 0.1) is 18.7 Å². The van der Waals surface area contributed by atoms with Gasteiger partial charge in [0.15, 0.2) is 0 Å². The SMILES string of the molecule is CCc1cc(Oc2c(C(=O)N[C@@H](C)c3ccc(C(=O)OC)cc3)c(C(F)F)nn2C)ccc1C. The van der Waals surface area contributed by atoms with E-state index in [-0.39, 0.29) is 11.4 Å². The number of carbonyl (C=O) groups excluding carboxylic acids is 2. The van der Waals surface area contributed by atoms with Crippen LogP contribution in [0.1, 0.15) is 69.4 Å². The van der Waals surface area contributed by atoms with Gasteiger partial charge in [0, 0.05) is 7.05 Å². The maximum absolute atomic E-state index is 13.8. The molecular weight excluding hydrogens is 444 g/mol. The zero-order chi connectivity index (χ0) is 25.0. The molecule has 180 valence electrons. The number of hydrogen-bond acceptors (Lipinski definition) is 5. The van der Waals surface area contributed by atoms with Crippen LogP contribution in [0.4, 0.5) is 8.78 Å². The van der Waals surface area contributed by atoms with Crippen molar-refractivity contribution in [2.45, 2.75) is 39.7 Å². The molecular formula is C25H27F2N3O4. The first-order valence-corrected chi connectivity index (χ1v) is 10.8. The number of esters is 1. The first-order valence-electron chi connectivity index (χ1n) is 10.8. The summed E-state index contributed by atoms with van der Waals surface area (Å²) < 4.78 is 39.2. The van der Waals surface area contributed by atoms with E-state index in [1.54, 1.807) is 37.3 Å². The van der Waals surface area contributed by atoms with Gasteiger partial charge in [-0.2, -0.15) is 5.10 Å². The molecule has 7 nitrogen and oxygen atoms in total. The molecule has 1 heterocycles. The minimum Gasteiger partial charge on any atom is -0.465 e. The van der Waals surface area contributed by atoms with E-state index in [0.29, 0.717) is 16.9 Å². The van der Waals surface area contributed by atoms with Gasteiger partial charge in [-0.05, 0) is 61.2 Å². The lowest BCUT2D eigenvalue weighted by Gasteiger charge is -2.16. The molecule has 0 aliphatic rings. The third kappa shape index (κ3) is 5.24. The van der Waals surface area contributed by atoms with Crippen molar-refractivity contribution in [1.82, 2.24) is 15.1 Å². The van der Waals surface area contributed by atoms with Crippen LogP contribution in [0.25, 0.3) is 0 Å². The van der Waals surface area contributed by atoms with Crippen molar-refractivity contribution in [1.29, 1.82) is 0 Å². The second kappa shape index (κ2) is 10.5. The third-order valence-electron chi connectivity index (χ3n) is 5.55. The first kappa shape index (κ1) is 24.9. The summed E-state index contributed by atoms with van der Waals surface area (Å²) in [5, 5.41) is 6.56. The van der Waals surface area contributed by atoms with E-state index < -0.39 is 30.0 Å². The molecule has 0 fully saturated rings. The van der Waals surface area contributed by atoms with Gasteiger partial charge in [0.25, 0.3) is 12.3 Å². The van der Waals surface area contributed by atoms with Crippen molar-refractivity contribution in [3.63, 3.8) is 0 Å². The van der Waals surface area contributed by atoms with E-state index in [1.807, 2.05) is 26.0 Å². The predicted molar refractivity (Wildman–Crippen MR) is 122 cm³/mol. The Morgan fingerprint density at radius 2 is 1.82 bits per heavy atom. The fraction of sp³-hybridized carbons (Fsp3) is 0.320. The highest BCUT2D eigenvalue weighted by atomic mass is 19.3. The highest BCUT2D eigenvalue weighted by Crippen LogP contribution is 2.33. The smallest absolute Gasteiger partial charge is 0.337 e. The van der Waals surface area contributed by atoms with Crippen LogP contribution >= 0.6 is 0 Å². The van der Waals surface area contributed by atoms with Gasteiger partial charge >= 0.3 is 5.97 Å². The third-order valence-corrected chi connectivity index (χ3v) is 5.55. The van der Waals surface area contributed by atoms with Crippen LogP contribution in [0.2, 0.25) is 0 Å². The number of aromatic nitrogens is 2. The number of nitrogens with one attached hydrogen (secondary N) is 1. The maximum Gasteiger partial charge on any atom is 0.337 e. The summed E-state index contributed by atoms with van der Waals surface area (Å²) in [5.74, 6) is -0.881. The minimum absolute atomic E-state index is 0.0769. The molecule has 34 heavy (non-hydrogen) atoms. The Labute approximate surface area is 196 Å². The molecule has 0 saturated heterocycles. The summed E-state index contributed by atoms with van der Waals surface area (Å²) in [6.45, 7) is 5.68. The fourth-order valence-electron chi connectivity index (χ4n) is 3.59. The van der Waals surface area contributed by atoms with E-state index in [2.05, 4.69) is 15.2 Å². The second-order valence-corrected chi connectivity index (χ2v) is 7.84. The lowest BCUT2D eigenvalue weighted by molar-refractivity contribution is 0.0600. The van der Waals surface area contributed by atoms with Crippen molar-refractivity contribution < 1.29 is 27.8 Å². The summed E-state index contributed by atoms with van der Waals surface area (Å²) in [6.07, 6.45) is -2.20. The molecule has 1 atom stereocenters. The molecule has 0 aliphatic carbocycles. The summed E-state index contributed by atoms with van der Waals surface area (Å²) in [6, 6.07) is 11.3. The van der Waals surface area contributed by atoms with Gasteiger partial charge < -0.3 is 14.8 Å². The van der Waals surface area contributed by atoms with Crippen molar-refractivity contribution >= 4 is 11.9 Å². The van der Waals surface area contributed by atoms with E-state index >= 15 is 0 Å². The molecule has 0 bridgehead atoms. The van der Waals surface area contributed by atoms with Crippen LogP contribution < -0.4 is 10.1 Å². The molecule has 1 amide bonds. The lowest BCUT2D eigenvalue weighted by Crippen LogP contribution is -2.27. The van der Waals surface area contributed by atoms with Gasteiger partial charge in [0.2, 0.25) is 5.88 Å². The molecule has 3 rings (SSSR count). The molecule has 2 aromatic carbocycles. The van der Waals surface area contributed by atoms with Crippen molar-refractivity contribution in [2.75, 3.05) is 7.11 Å². The van der Waals surface area contributed by atoms with Crippen molar-refractivity contribution in [2.24, 2.45) is 7.05 Å². The number of nitrogens with zero attached hydrogens (tertiary/aromatic N) is 2.